The molecule has 3 aromatic rings. The first-order valence-corrected chi connectivity index (χ1v) is 7.24. The molecule has 1 aromatic heterocycles. The zero-order valence-corrected chi connectivity index (χ0v) is 12.4. The van der Waals surface area contributed by atoms with Gasteiger partial charge < -0.3 is 4.98 Å². The van der Waals surface area contributed by atoms with Gasteiger partial charge in [0, 0.05) is 16.5 Å². The number of para-hydroxylation sites is 2. The Kier molecular flexibility index (Phi) is 2.73. The summed E-state index contributed by atoms with van der Waals surface area (Å²) in [4.78, 5) is 13.0. The predicted octanol–water partition coefficient (Wildman–Crippen LogP) is 4.32. The summed E-state index contributed by atoms with van der Waals surface area (Å²) in [7, 11) is 0. The van der Waals surface area contributed by atoms with Gasteiger partial charge in [-0.05, 0) is 31.5 Å². The van der Waals surface area contributed by atoms with Crippen LogP contribution in [0, 0.1) is 6.92 Å². The molecule has 0 spiro atoms. The molecule has 22 heavy (non-hydrogen) atoms. The van der Waals surface area contributed by atoms with Crippen molar-refractivity contribution in [3.63, 3.8) is 0 Å². The first kappa shape index (κ1) is 13.2. The molecule has 1 unspecified atom stereocenters. The maximum absolute atomic E-state index is 9.57. The highest BCUT2D eigenvalue weighted by Gasteiger charge is 2.43. The van der Waals surface area contributed by atoms with Crippen molar-refractivity contribution in [2.24, 2.45) is 4.99 Å². The summed E-state index contributed by atoms with van der Waals surface area (Å²) in [6.07, 6.45) is 0. The second-order valence-corrected chi connectivity index (χ2v) is 5.77. The van der Waals surface area contributed by atoms with Crippen LogP contribution in [0.15, 0.2) is 53.5 Å². The van der Waals surface area contributed by atoms with E-state index in [2.05, 4.69) is 18.0 Å². The van der Waals surface area contributed by atoms with Gasteiger partial charge >= 0.3 is 0 Å². The quantitative estimate of drug-likeness (QED) is 0.546. The number of rotatable bonds is 2. The van der Waals surface area contributed by atoms with Crippen molar-refractivity contribution in [1.82, 2.24) is 4.98 Å². The minimum absolute atomic E-state index is 0.699. The number of hydrogen-bond donors (Lipinski definition) is 2. The number of aromatic amines is 1. The maximum atomic E-state index is 9.57. The molecular weight excluding hydrogens is 276 g/mol. The van der Waals surface area contributed by atoms with Crippen LogP contribution in [0.4, 0.5) is 5.69 Å². The van der Waals surface area contributed by atoms with E-state index >= 15 is 0 Å². The van der Waals surface area contributed by atoms with Gasteiger partial charge in [-0.15, -0.1) is 0 Å². The van der Waals surface area contributed by atoms with Crippen LogP contribution in [0.3, 0.4) is 0 Å². The molecule has 110 valence electrons. The van der Waals surface area contributed by atoms with E-state index in [1.165, 1.54) is 0 Å². The van der Waals surface area contributed by atoms with Crippen LogP contribution >= 0.6 is 0 Å². The maximum Gasteiger partial charge on any atom is 0.171 e. The van der Waals surface area contributed by atoms with Crippen molar-refractivity contribution >= 4 is 22.3 Å². The standard InChI is InChI=1S/C18H16N2O2/c1-11-12-7-3-5-9-14(12)19-16(11)17-18(2,22-21)13-8-4-6-10-15(13)20-17/h3-10,19,21H,1-2H3. The predicted molar refractivity (Wildman–Crippen MR) is 86.7 cm³/mol. The summed E-state index contributed by atoms with van der Waals surface area (Å²) in [5.41, 5.74) is 4.47. The molecule has 4 nitrogen and oxygen atoms in total. The molecule has 0 saturated carbocycles. The smallest absolute Gasteiger partial charge is 0.171 e. The van der Waals surface area contributed by atoms with Crippen LogP contribution in [-0.4, -0.2) is 16.0 Å². The van der Waals surface area contributed by atoms with Crippen LogP contribution < -0.4 is 0 Å². The van der Waals surface area contributed by atoms with Gasteiger partial charge in [-0.3, -0.25) is 5.26 Å². The summed E-state index contributed by atoms with van der Waals surface area (Å²) in [5.74, 6) is 0. The molecule has 4 heteroatoms. The van der Waals surface area contributed by atoms with Gasteiger partial charge in [0.2, 0.25) is 0 Å². The fraction of sp³-hybridized carbons (Fsp3) is 0.167. The number of nitrogens with zero attached hydrogens (tertiary/aromatic N) is 1. The Balaban J connectivity index is 1.97. The van der Waals surface area contributed by atoms with Gasteiger partial charge in [0.05, 0.1) is 11.4 Å². The topological polar surface area (TPSA) is 57.6 Å². The van der Waals surface area contributed by atoms with Crippen molar-refractivity contribution in [3.05, 3.63) is 65.4 Å². The monoisotopic (exact) mass is 292 g/mol. The normalized spacial score (nSPS) is 20.2. The van der Waals surface area contributed by atoms with E-state index < -0.39 is 5.60 Å². The number of aryl methyl sites for hydroxylation is 1. The molecule has 1 aliphatic heterocycles. The summed E-state index contributed by atoms with van der Waals surface area (Å²) >= 11 is 0. The average molecular weight is 292 g/mol. The SMILES string of the molecule is Cc1c(C2=Nc3ccccc3C2(C)OO)[nH]c2ccccc12. The van der Waals surface area contributed by atoms with E-state index in [9.17, 15) is 5.26 Å². The largest absolute Gasteiger partial charge is 0.353 e. The zero-order chi connectivity index (χ0) is 15.3. The highest BCUT2D eigenvalue weighted by Crippen LogP contribution is 2.43. The highest BCUT2D eigenvalue weighted by atomic mass is 17.1. The summed E-state index contributed by atoms with van der Waals surface area (Å²) in [6, 6.07) is 15.8. The van der Waals surface area contributed by atoms with Gasteiger partial charge in [0.1, 0.15) is 5.71 Å². The summed E-state index contributed by atoms with van der Waals surface area (Å²) < 4.78 is 0. The van der Waals surface area contributed by atoms with Crippen LogP contribution in [0.1, 0.15) is 23.7 Å². The number of benzene rings is 2. The lowest BCUT2D eigenvalue weighted by Gasteiger charge is -2.23. The fourth-order valence-electron chi connectivity index (χ4n) is 3.24. The van der Waals surface area contributed by atoms with E-state index in [0.717, 1.165) is 33.4 Å². The second-order valence-electron chi connectivity index (χ2n) is 5.77. The molecule has 4 rings (SSSR count). The molecule has 2 aromatic carbocycles. The Morgan fingerprint density at radius 3 is 2.59 bits per heavy atom. The fourth-order valence-corrected chi connectivity index (χ4v) is 3.24. The lowest BCUT2D eigenvalue weighted by Crippen LogP contribution is -2.33. The van der Waals surface area contributed by atoms with Crippen molar-refractivity contribution in [3.8, 4) is 0 Å². The molecular formula is C18H16N2O2. The van der Waals surface area contributed by atoms with Crippen LogP contribution in [0.2, 0.25) is 0 Å². The molecule has 1 aliphatic rings. The van der Waals surface area contributed by atoms with Crippen LogP contribution in [0.25, 0.3) is 10.9 Å². The van der Waals surface area contributed by atoms with E-state index in [1.807, 2.05) is 49.4 Å². The zero-order valence-electron chi connectivity index (χ0n) is 12.4. The molecule has 0 radical (unpaired) electrons. The number of H-pyrrole nitrogens is 1. The highest BCUT2D eigenvalue weighted by molar-refractivity contribution is 6.13. The third kappa shape index (κ3) is 1.62. The number of fused-ring (bicyclic) bond motifs is 2. The van der Waals surface area contributed by atoms with E-state index in [4.69, 9.17) is 9.88 Å². The molecule has 0 aliphatic carbocycles. The number of aromatic nitrogens is 1. The minimum Gasteiger partial charge on any atom is -0.353 e. The lowest BCUT2D eigenvalue weighted by atomic mass is 9.90. The van der Waals surface area contributed by atoms with Gasteiger partial charge in [0.15, 0.2) is 5.60 Å². The minimum atomic E-state index is -0.970. The number of aliphatic imine (C=N–C) groups is 1. The Morgan fingerprint density at radius 2 is 1.82 bits per heavy atom. The third-order valence-corrected chi connectivity index (χ3v) is 4.49. The Hall–Kier alpha value is -2.43. The van der Waals surface area contributed by atoms with Gasteiger partial charge in [-0.2, -0.15) is 0 Å². The van der Waals surface area contributed by atoms with E-state index in [1.54, 1.807) is 0 Å². The Bertz CT molecular complexity index is 910. The van der Waals surface area contributed by atoms with Crippen molar-refractivity contribution in [2.45, 2.75) is 19.4 Å². The molecule has 2 heterocycles. The van der Waals surface area contributed by atoms with Crippen LogP contribution in [-0.2, 0) is 10.5 Å². The molecule has 0 bridgehead atoms. The first-order chi connectivity index (χ1) is 10.6. The first-order valence-electron chi connectivity index (χ1n) is 7.24. The molecule has 0 saturated heterocycles. The van der Waals surface area contributed by atoms with Crippen molar-refractivity contribution in [2.75, 3.05) is 0 Å². The number of hydrogen-bond acceptors (Lipinski definition) is 3. The Morgan fingerprint density at radius 1 is 1.09 bits per heavy atom. The molecule has 2 N–H and O–H groups in total. The second kappa shape index (κ2) is 4.53. The van der Waals surface area contributed by atoms with E-state index in [-0.39, 0.29) is 0 Å². The van der Waals surface area contributed by atoms with Gasteiger partial charge in [0.25, 0.3) is 0 Å². The van der Waals surface area contributed by atoms with Crippen molar-refractivity contribution < 1.29 is 10.1 Å². The lowest BCUT2D eigenvalue weighted by molar-refractivity contribution is -0.299. The molecule has 0 amide bonds. The summed E-state index contributed by atoms with van der Waals surface area (Å²) in [5, 5.41) is 10.7. The van der Waals surface area contributed by atoms with Crippen molar-refractivity contribution in [1.29, 1.82) is 0 Å². The van der Waals surface area contributed by atoms with Crippen LogP contribution in [0.5, 0.6) is 0 Å². The van der Waals surface area contributed by atoms with Gasteiger partial charge in [-0.1, -0.05) is 36.4 Å². The summed E-state index contributed by atoms with van der Waals surface area (Å²) in [6.45, 7) is 3.89. The van der Waals surface area contributed by atoms with Gasteiger partial charge in [-0.25, -0.2) is 9.88 Å². The average Bonchev–Trinajstić information content (AvgIpc) is 3.04. The number of nitrogens with one attached hydrogen (secondary N) is 1. The Labute approximate surface area is 128 Å². The third-order valence-electron chi connectivity index (χ3n) is 4.49. The van der Waals surface area contributed by atoms with E-state index in [0.29, 0.717) is 5.71 Å². The molecule has 1 atom stereocenters. The molecule has 0 fully saturated rings.